The third-order valence-corrected chi connectivity index (χ3v) is 5.36. The second kappa shape index (κ2) is 9.32. The fraction of sp³-hybridized carbons (Fsp3) is 0.269. The number of ether oxygens (including phenoxy) is 1. The molecule has 33 heavy (non-hydrogen) atoms. The number of carbonyl (C=O) groups is 2. The van der Waals surface area contributed by atoms with Crippen molar-refractivity contribution in [2.24, 2.45) is 5.92 Å². The van der Waals surface area contributed by atoms with Crippen LogP contribution in [0.4, 0.5) is 0 Å². The van der Waals surface area contributed by atoms with E-state index in [0.29, 0.717) is 35.4 Å². The van der Waals surface area contributed by atoms with Crippen LogP contribution in [0.1, 0.15) is 42.5 Å². The molecular weight excluding hydrogens is 420 g/mol. The summed E-state index contributed by atoms with van der Waals surface area (Å²) in [6, 6.07) is 13.0. The highest BCUT2D eigenvalue weighted by molar-refractivity contribution is 6.46. The predicted molar refractivity (Wildman–Crippen MR) is 122 cm³/mol. The fourth-order valence-electron chi connectivity index (χ4n) is 3.76. The lowest BCUT2D eigenvalue weighted by Gasteiger charge is -2.23. The van der Waals surface area contributed by atoms with Crippen LogP contribution in [0.2, 0.25) is 0 Å². The van der Waals surface area contributed by atoms with Gasteiger partial charge in [-0.25, -0.2) is 0 Å². The first-order valence-corrected chi connectivity index (χ1v) is 10.8. The molecule has 1 aromatic carbocycles. The van der Waals surface area contributed by atoms with Gasteiger partial charge in [-0.1, -0.05) is 19.9 Å². The first-order chi connectivity index (χ1) is 15.8. The lowest BCUT2D eigenvalue weighted by molar-refractivity contribution is -0.140. The Kier molecular flexibility index (Phi) is 6.31. The minimum atomic E-state index is -0.851. The van der Waals surface area contributed by atoms with Crippen LogP contribution < -0.4 is 4.74 Å². The number of aliphatic hydroxyl groups excluding tert-OH is 1. The summed E-state index contributed by atoms with van der Waals surface area (Å²) in [7, 11) is 0. The fourth-order valence-corrected chi connectivity index (χ4v) is 3.76. The number of carbonyl (C=O) groups excluding carboxylic acids is 2. The van der Waals surface area contributed by atoms with Crippen LogP contribution in [0, 0.1) is 12.8 Å². The molecule has 7 nitrogen and oxygen atoms in total. The molecular formula is C26H26N2O5. The Morgan fingerprint density at radius 3 is 2.52 bits per heavy atom. The molecule has 4 rings (SSSR count). The number of furan rings is 1. The molecule has 1 fully saturated rings. The Morgan fingerprint density at radius 1 is 1.15 bits per heavy atom. The van der Waals surface area contributed by atoms with E-state index in [4.69, 9.17) is 9.15 Å². The lowest BCUT2D eigenvalue weighted by atomic mass is 9.99. The number of ketones is 1. The molecule has 1 unspecified atom stereocenters. The Hall–Kier alpha value is -3.87. The number of hydrogen-bond donors (Lipinski definition) is 1. The number of benzene rings is 1. The largest absolute Gasteiger partial charge is 0.507 e. The van der Waals surface area contributed by atoms with E-state index in [2.05, 4.69) is 18.8 Å². The number of rotatable bonds is 7. The summed E-state index contributed by atoms with van der Waals surface area (Å²) in [5.74, 6) is 0.391. The normalized spacial score (nSPS) is 17.7. The van der Waals surface area contributed by atoms with E-state index in [1.165, 1.54) is 4.90 Å². The molecule has 0 spiro atoms. The van der Waals surface area contributed by atoms with Gasteiger partial charge in [0.2, 0.25) is 0 Å². The number of aryl methyl sites for hydroxylation is 1. The molecule has 170 valence electrons. The van der Waals surface area contributed by atoms with Gasteiger partial charge >= 0.3 is 0 Å². The molecule has 1 atom stereocenters. The van der Waals surface area contributed by atoms with Gasteiger partial charge in [-0.15, -0.1) is 0 Å². The predicted octanol–water partition coefficient (Wildman–Crippen LogP) is 4.64. The Balaban J connectivity index is 1.73. The number of Topliss-reactive ketones (excluding diaryl/α,β-unsaturated/α-hetero) is 1. The quantitative estimate of drug-likeness (QED) is 0.323. The molecule has 0 aliphatic carbocycles. The van der Waals surface area contributed by atoms with Crippen molar-refractivity contribution in [2.75, 3.05) is 6.61 Å². The van der Waals surface area contributed by atoms with Gasteiger partial charge in [-0.3, -0.25) is 14.6 Å². The minimum Gasteiger partial charge on any atom is -0.507 e. The highest BCUT2D eigenvalue weighted by Gasteiger charge is 2.47. The van der Waals surface area contributed by atoms with Crippen molar-refractivity contribution < 1.29 is 23.8 Å². The zero-order chi connectivity index (χ0) is 23.5. The van der Waals surface area contributed by atoms with Gasteiger partial charge in [0.15, 0.2) is 0 Å². The maximum absolute atomic E-state index is 13.1. The summed E-state index contributed by atoms with van der Waals surface area (Å²) in [6.07, 6.45) is 3.28. The Morgan fingerprint density at radius 2 is 1.91 bits per heavy atom. The van der Waals surface area contributed by atoms with Crippen LogP contribution in [-0.2, 0) is 16.1 Å². The van der Waals surface area contributed by atoms with Gasteiger partial charge in [0.1, 0.15) is 29.1 Å². The highest BCUT2D eigenvalue weighted by Crippen LogP contribution is 2.41. The molecule has 3 aromatic rings. The molecule has 2 aromatic heterocycles. The maximum Gasteiger partial charge on any atom is 0.296 e. The molecule has 7 heteroatoms. The van der Waals surface area contributed by atoms with Gasteiger partial charge in [0, 0.05) is 24.5 Å². The van der Waals surface area contributed by atoms with E-state index in [0.717, 1.165) is 5.56 Å². The van der Waals surface area contributed by atoms with Gasteiger partial charge in [-0.05, 0) is 60.9 Å². The molecule has 0 bridgehead atoms. The first-order valence-electron chi connectivity index (χ1n) is 10.8. The van der Waals surface area contributed by atoms with Crippen molar-refractivity contribution in [2.45, 2.75) is 33.4 Å². The van der Waals surface area contributed by atoms with Crippen molar-refractivity contribution in [1.29, 1.82) is 0 Å². The standard InChI is InChI=1S/C26H26N2O5/c1-16(2)15-32-20-9-7-19(8-10-20)24(29)22-23(21-11-6-17(3)33-21)28(26(31)25(22)30)14-18-5-4-12-27-13-18/h4-13,16,23,29H,14-15H2,1-3H3/b24-22-. The average Bonchev–Trinajstić information content (AvgIpc) is 3.34. The van der Waals surface area contributed by atoms with Crippen LogP contribution in [0.5, 0.6) is 5.75 Å². The number of aliphatic hydroxyl groups is 1. The lowest BCUT2D eigenvalue weighted by Crippen LogP contribution is -2.29. The van der Waals surface area contributed by atoms with Crippen LogP contribution in [0.3, 0.4) is 0 Å². The molecule has 1 aliphatic heterocycles. The van der Waals surface area contributed by atoms with E-state index in [-0.39, 0.29) is 17.9 Å². The third-order valence-electron chi connectivity index (χ3n) is 5.36. The molecule has 1 saturated heterocycles. The first kappa shape index (κ1) is 22.3. The van der Waals surface area contributed by atoms with Crippen molar-refractivity contribution in [3.63, 3.8) is 0 Å². The van der Waals surface area contributed by atoms with E-state index in [1.54, 1.807) is 61.8 Å². The molecule has 3 heterocycles. The van der Waals surface area contributed by atoms with Crippen LogP contribution in [0.25, 0.3) is 5.76 Å². The van der Waals surface area contributed by atoms with E-state index < -0.39 is 17.7 Å². The van der Waals surface area contributed by atoms with Crippen molar-refractivity contribution in [1.82, 2.24) is 9.88 Å². The topological polar surface area (TPSA) is 92.9 Å². The minimum absolute atomic E-state index is 0.00547. The monoisotopic (exact) mass is 446 g/mol. The average molecular weight is 447 g/mol. The number of hydrogen-bond acceptors (Lipinski definition) is 6. The summed E-state index contributed by atoms with van der Waals surface area (Å²) < 4.78 is 11.5. The van der Waals surface area contributed by atoms with E-state index in [9.17, 15) is 14.7 Å². The number of nitrogens with zero attached hydrogens (tertiary/aromatic N) is 2. The van der Waals surface area contributed by atoms with Crippen LogP contribution >= 0.6 is 0 Å². The van der Waals surface area contributed by atoms with Gasteiger partial charge in [-0.2, -0.15) is 0 Å². The zero-order valence-corrected chi connectivity index (χ0v) is 18.8. The second-order valence-electron chi connectivity index (χ2n) is 8.47. The van der Waals surface area contributed by atoms with Gasteiger partial charge in [0.25, 0.3) is 11.7 Å². The van der Waals surface area contributed by atoms with E-state index in [1.807, 2.05) is 6.07 Å². The number of amides is 1. The molecule has 1 amide bonds. The summed E-state index contributed by atoms with van der Waals surface area (Å²) in [5, 5.41) is 11.1. The summed E-state index contributed by atoms with van der Waals surface area (Å²) in [4.78, 5) is 31.6. The van der Waals surface area contributed by atoms with Crippen molar-refractivity contribution >= 4 is 17.4 Å². The Labute approximate surface area is 192 Å². The maximum atomic E-state index is 13.1. The summed E-state index contributed by atoms with van der Waals surface area (Å²) in [5.41, 5.74) is 1.17. The smallest absolute Gasteiger partial charge is 0.296 e. The number of pyridine rings is 1. The third kappa shape index (κ3) is 4.67. The van der Waals surface area contributed by atoms with Crippen LogP contribution in [-0.4, -0.2) is 33.3 Å². The molecule has 0 radical (unpaired) electrons. The molecule has 1 aliphatic rings. The molecule has 0 saturated carbocycles. The van der Waals surface area contributed by atoms with Crippen molar-refractivity contribution in [3.05, 3.63) is 89.1 Å². The van der Waals surface area contributed by atoms with E-state index >= 15 is 0 Å². The molecule has 1 N–H and O–H groups in total. The van der Waals surface area contributed by atoms with Crippen LogP contribution in [0.15, 0.2) is 70.9 Å². The zero-order valence-electron chi connectivity index (χ0n) is 18.8. The SMILES string of the molecule is Cc1ccc(C2/C(=C(/O)c3ccc(OCC(C)C)cc3)C(=O)C(=O)N2Cc2cccnc2)o1. The van der Waals surface area contributed by atoms with Gasteiger partial charge in [0.05, 0.1) is 12.2 Å². The van der Waals surface area contributed by atoms with Crippen molar-refractivity contribution in [3.8, 4) is 5.75 Å². The second-order valence-corrected chi connectivity index (χ2v) is 8.47. The highest BCUT2D eigenvalue weighted by atomic mass is 16.5. The number of likely N-dealkylation sites (tertiary alicyclic amines) is 1. The van der Waals surface area contributed by atoms with Gasteiger partial charge < -0.3 is 19.2 Å². The summed E-state index contributed by atoms with van der Waals surface area (Å²) in [6.45, 7) is 6.62. The number of aromatic nitrogens is 1. The summed E-state index contributed by atoms with van der Waals surface area (Å²) >= 11 is 0. The Bertz CT molecular complexity index is 1180.